The highest BCUT2D eigenvalue weighted by atomic mass is 16.7. The van der Waals surface area contributed by atoms with Gasteiger partial charge in [-0.1, -0.05) is 0 Å². The van der Waals surface area contributed by atoms with Crippen LogP contribution < -0.4 is 4.74 Å². The second kappa shape index (κ2) is 7.54. The fraction of sp³-hybridized carbons (Fsp3) is 0.300. The van der Waals surface area contributed by atoms with E-state index in [9.17, 15) is 30.6 Å². The number of fused-ring (bicyclic) bond motifs is 1. The van der Waals surface area contributed by atoms with E-state index in [1.54, 1.807) is 12.1 Å². The Kier molecular flexibility index (Phi) is 5.07. The molecule has 9 nitrogen and oxygen atoms in total. The maximum atomic E-state index is 10.1. The number of hydrogen-bond acceptors (Lipinski definition) is 9. The lowest BCUT2D eigenvalue weighted by molar-refractivity contribution is -0.277. The average Bonchev–Trinajstić information content (AvgIpc) is 3.11. The minimum Gasteiger partial charge on any atom is -0.508 e. The summed E-state index contributed by atoms with van der Waals surface area (Å²) in [5, 5.41) is 59.5. The first-order valence-electron chi connectivity index (χ1n) is 8.90. The Balaban J connectivity index is 1.62. The lowest BCUT2D eigenvalue weighted by Crippen LogP contribution is -2.60. The third kappa shape index (κ3) is 3.74. The van der Waals surface area contributed by atoms with Gasteiger partial charge in [-0.15, -0.1) is 0 Å². The van der Waals surface area contributed by atoms with Crippen LogP contribution >= 0.6 is 0 Å². The monoisotopic (exact) mass is 404 g/mol. The van der Waals surface area contributed by atoms with Crippen LogP contribution in [-0.4, -0.2) is 68.0 Å². The third-order valence-corrected chi connectivity index (χ3v) is 4.78. The lowest BCUT2D eigenvalue weighted by Gasteiger charge is -2.39. The van der Waals surface area contributed by atoms with Crippen LogP contribution in [0.2, 0.25) is 0 Å². The summed E-state index contributed by atoms with van der Waals surface area (Å²) in [6.07, 6.45) is -7.15. The summed E-state index contributed by atoms with van der Waals surface area (Å²) in [5.41, 5.74) is 0.917. The van der Waals surface area contributed by atoms with Crippen molar-refractivity contribution in [2.45, 2.75) is 30.7 Å². The Morgan fingerprint density at radius 3 is 2.41 bits per heavy atom. The topological polar surface area (TPSA) is 153 Å². The number of phenols is 2. The summed E-state index contributed by atoms with van der Waals surface area (Å²) >= 11 is 0. The second-order valence-corrected chi connectivity index (χ2v) is 6.86. The zero-order valence-corrected chi connectivity index (χ0v) is 15.0. The molecule has 5 atom stereocenters. The van der Waals surface area contributed by atoms with Gasteiger partial charge in [-0.05, 0) is 30.3 Å². The second-order valence-electron chi connectivity index (χ2n) is 6.86. The minimum absolute atomic E-state index is 0.0564. The highest BCUT2D eigenvalue weighted by molar-refractivity contribution is 5.84. The predicted octanol–water partition coefficient (Wildman–Crippen LogP) is 0.690. The van der Waals surface area contributed by atoms with Gasteiger partial charge in [0, 0.05) is 23.1 Å². The molecule has 0 saturated carbocycles. The van der Waals surface area contributed by atoms with E-state index in [0.29, 0.717) is 16.9 Å². The van der Waals surface area contributed by atoms with Crippen molar-refractivity contribution < 1.29 is 44.5 Å². The number of aliphatic hydroxyl groups excluding tert-OH is 4. The Morgan fingerprint density at radius 2 is 1.66 bits per heavy atom. The molecule has 29 heavy (non-hydrogen) atoms. The number of hydrogen-bond donors (Lipinski definition) is 6. The van der Waals surface area contributed by atoms with E-state index < -0.39 is 37.3 Å². The molecule has 1 aliphatic heterocycles. The van der Waals surface area contributed by atoms with Crippen LogP contribution in [0.5, 0.6) is 17.2 Å². The molecular formula is C20H20O9. The average molecular weight is 404 g/mol. The maximum Gasteiger partial charge on any atom is 0.229 e. The number of ether oxygens (including phenoxy) is 2. The van der Waals surface area contributed by atoms with Gasteiger partial charge in [-0.3, -0.25) is 0 Å². The number of aromatic hydroxyl groups is 2. The van der Waals surface area contributed by atoms with Crippen molar-refractivity contribution in [2.75, 3.05) is 6.61 Å². The molecule has 1 fully saturated rings. The van der Waals surface area contributed by atoms with Gasteiger partial charge in [0.2, 0.25) is 6.29 Å². The van der Waals surface area contributed by atoms with Crippen molar-refractivity contribution in [3.63, 3.8) is 0 Å². The van der Waals surface area contributed by atoms with Crippen LogP contribution in [0, 0.1) is 0 Å². The minimum atomic E-state index is -1.58. The molecule has 1 aromatic heterocycles. The molecule has 6 N–H and O–H groups in total. The number of benzene rings is 2. The molecule has 2 heterocycles. The molecule has 9 heteroatoms. The van der Waals surface area contributed by atoms with Crippen molar-refractivity contribution >= 4 is 11.0 Å². The fourth-order valence-electron chi connectivity index (χ4n) is 3.25. The first-order valence-corrected chi connectivity index (χ1v) is 8.90. The van der Waals surface area contributed by atoms with E-state index in [0.717, 1.165) is 5.39 Å². The van der Waals surface area contributed by atoms with Crippen LogP contribution in [0.25, 0.3) is 22.3 Å². The summed E-state index contributed by atoms with van der Waals surface area (Å²) in [6, 6.07) is 10.6. The van der Waals surface area contributed by atoms with Gasteiger partial charge in [0.05, 0.1) is 6.61 Å². The van der Waals surface area contributed by atoms with E-state index >= 15 is 0 Å². The molecule has 154 valence electrons. The summed E-state index contributed by atoms with van der Waals surface area (Å²) in [4.78, 5) is 0. The van der Waals surface area contributed by atoms with E-state index in [1.165, 1.54) is 30.3 Å². The van der Waals surface area contributed by atoms with Gasteiger partial charge >= 0.3 is 0 Å². The molecule has 2 aromatic carbocycles. The molecular weight excluding hydrogens is 384 g/mol. The van der Waals surface area contributed by atoms with Gasteiger partial charge in [0.1, 0.15) is 53.0 Å². The lowest BCUT2D eigenvalue weighted by atomic mass is 9.99. The molecule has 0 radical (unpaired) electrons. The summed E-state index contributed by atoms with van der Waals surface area (Å²) in [5.74, 6) is 0.416. The van der Waals surface area contributed by atoms with Crippen molar-refractivity contribution in [3.8, 4) is 28.6 Å². The molecule has 0 amide bonds. The normalized spacial score (nSPS) is 27.2. The Bertz CT molecular complexity index is 1010. The first kappa shape index (κ1) is 19.5. The van der Waals surface area contributed by atoms with Gasteiger partial charge < -0.3 is 44.5 Å². The summed E-state index contributed by atoms with van der Waals surface area (Å²) < 4.78 is 16.6. The number of phenolic OH excluding ortho intramolecular Hbond substituents is 2. The van der Waals surface area contributed by atoms with Crippen molar-refractivity contribution in [1.29, 1.82) is 0 Å². The van der Waals surface area contributed by atoms with Crippen LogP contribution in [0.1, 0.15) is 0 Å². The highest BCUT2D eigenvalue weighted by Crippen LogP contribution is 2.35. The van der Waals surface area contributed by atoms with Crippen LogP contribution in [0.3, 0.4) is 0 Å². The van der Waals surface area contributed by atoms with Gasteiger partial charge in [-0.2, -0.15) is 0 Å². The molecule has 3 aromatic rings. The molecule has 1 aliphatic rings. The van der Waals surface area contributed by atoms with Crippen LogP contribution in [-0.2, 0) is 4.74 Å². The SMILES string of the molecule is OCC1OC(Oc2cc(O)cc(-c3cc4ccc(O)cc4o3)c2)C(O)C(O)C1O. The van der Waals surface area contributed by atoms with E-state index in [4.69, 9.17) is 13.9 Å². The van der Waals surface area contributed by atoms with Crippen molar-refractivity contribution in [1.82, 2.24) is 0 Å². The molecule has 1 saturated heterocycles. The molecule has 5 unspecified atom stereocenters. The van der Waals surface area contributed by atoms with Crippen LogP contribution in [0.4, 0.5) is 0 Å². The standard InChI is InChI=1S/C20H20O9/c21-8-16-17(24)18(25)19(26)20(29-16)27-13-4-10(3-12(23)6-13)14-5-9-1-2-11(22)7-15(9)28-14/h1-7,16-26H,8H2. The molecule has 0 aliphatic carbocycles. The molecule has 4 rings (SSSR count). The van der Waals surface area contributed by atoms with E-state index in [-0.39, 0.29) is 17.2 Å². The maximum absolute atomic E-state index is 10.1. The Hall–Kier alpha value is -2.82. The predicted molar refractivity (Wildman–Crippen MR) is 99.4 cm³/mol. The first-order chi connectivity index (χ1) is 13.9. The van der Waals surface area contributed by atoms with Crippen LogP contribution in [0.15, 0.2) is 46.9 Å². The Morgan fingerprint density at radius 1 is 0.862 bits per heavy atom. The van der Waals surface area contributed by atoms with E-state index in [1.807, 2.05) is 0 Å². The molecule has 0 bridgehead atoms. The molecule has 0 spiro atoms. The highest BCUT2D eigenvalue weighted by Gasteiger charge is 2.44. The third-order valence-electron chi connectivity index (χ3n) is 4.78. The van der Waals surface area contributed by atoms with Crippen molar-refractivity contribution in [3.05, 3.63) is 42.5 Å². The smallest absolute Gasteiger partial charge is 0.229 e. The van der Waals surface area contributed by atoms with Crippen molar-refractivity contribution in [2.24, 2.45) is 0 Å². The van der Waals surface area contributed by atoms with E-state index in [2.05, 4.69) is 0 Å². The van der Waals surface area contributed by atoms with Gasteiger partial charge in [0.15, 0.2) is 0 Å². The zero-order valence-electron chi connectivity index (χ0n) is 15.0. The summed E-state index contributed by atoms with van der Waals surface area (Å²) in [6.45, 7) is -0.581. The Labute approximate surface area is 164 Å². The zero-order chi connectivity index (χ0) is 20.7. The largest absolute Gasteiger partial charge is 0.508 e. The number of aliphatic hydroxyl groups is 4. The number of rotatable bonds is 4. The van der Waals surface area contributed by atoms with Gasteiger partial charge in [-0.25, -0.2) is 0 Å². The number of furan rings is 1. The summed E-state index contributed by atoms with van der Waals surface area (Å²) in [7, 11) is 0. The quantitative estimate of drug-likeness (QED) is 0.369. The van der Waals surface area contributed by atoms with Gasteiger partial charge in [0.25, 0.3) is 0 Å². The fourth-order valence-corrected chi connectivity index (χ4v) is 3.25.